The van der Waals surface area contributed by atoms with Gasteiger partial charge in [0.2, 0.25) is 0 Å². The molecule has 0 unspecified atom stereocenters. The van der Waals surface area contributed by atoms with E-state index < -0.39 is 5.82 Å². The summed E-state index contributed by atoms with van der Waals surface area (Å²) in [4.78, 5) is 15.9. The van der Waals surface area contributed by atoms with Crippen LogP contribution in [-0.4, -0.2) is 83.1 Å². The lowest BCUT2D eigenvalue weighted by Gasteiger charge is -2.25. The number of aliphatic hydroxyl groups is 1. The van der Waals surface area contributed by atoms with Crippen molar-refractivity contribution < 1.29 is 14.2 Å². The Hall–Kier alpha value is -3.70. The number of nitrogens with one attached hydrogen (secondary N) is 3. The fourth-order valence-electron chi connectivity index (χ4n) is 3.43. The molecule has 2 heterocycles. The highest BCUT2D eigenvalue weighted by atomic mass is 19.1. The number of H-pyrrole nitrogens is 2. The first kappa shape index (κ1) is 25.9. The zero-order chi connectivity index (χ0) is 25.4. The van der Waals surface area contributed by atoms with Crippen LogP contribution in [-0.2, 0) is 6.61 Å². The Balaban J connectivity index is 1.84. The van der Waals surface area contributed by atoms with Crippen LogP contribution < -0.4 is 10.1 Å². The quantitative estimate of drug-likeness (QED) is 0.232. The molecule has 0 bridgehead atoms. The molecule has 0 radical (unpaired) electrons. The predicted octanol–water partition coefficient (Wildman–Crippen LogP) is 3.10. The second kappa shape index (κ2) is 12.1. The number of hydrogen-bond donors (Lipinski definition) is 4. The van der Waals surface area contributed by atoms with Gasteiger partial charge in [0, 0.05) is 54.4 Å². The number of aromatic amines is 2. The van der Waals surface area contributed by atoms with Crippen molar-refractivity contribution in [2.75, 3.05) is 45.8 Å². The van der Waals surface area contributed by atoms with Gasteiger partial charge in [-0.05, 0) is 46.8 Å². The molecular weight excluding hydrogens is 451 g/mol. The van der Waals surface area contributed by atoms with E-state index in [-0.39, 0.29) is 19.1 Å². The molecule has 0 amide bonds. The van der Waals surface area contributed by atoms with Crippen LogP contribution in [0.3, 0.4) is 0 Å². The maximum absolute atomic E-state index is 14.5. The number of benzene rings is 1. The lowest BCUT2D eigenvalue weighted by Crippen LogP contribution is -2.36. The average molecular weight is 485 g/mol. The van der Waals surface area contributed by atoms with Gasteiger partial charge in [-0.15, -0.1) is 0 Å². The number of hydrogen-bond acceptors (Lipinski definition) is 7. The van der Waals surface area contributed by atoms with Gasteiger partial charge in [0.25, 0.3) is 0 Å². The molecule has 0 atom stereocenters. The maximum Gasteiger partial charge on any atom is 0.181 e. The van der Waals surface area contributed by atoms with E-state index in [4.69, 9.17) is 4.74 Å². The minimum absolute atomic E-state index is 0.0857. The average Bonchev–Trinajstić information content (AvgIpc) is 3.43. The van der Waals surface area contributed by atoms with E-state index >= 15 is 0 Å². The molecule has 0 fully saturated rings. The van der Waals surface area contributed by atoms with E-state index in [2.05, 4.69) is 47.0 Å². The van der Waals surface area contributed by atoms with Gasteiger partial charge in [-0.1, -0.05) is 0 Å². The number of aromatic nitrogens is 3. The van der Waals surface area contributed by atoms with E-state index in [1.165, 1.54) is 6.07 Å². The summed E-state index contributed by atoms with van der Waals surface area (Å²) in [5.41, 5.74) is 2.23. The number of aryl methyl sites for hydroxylation is 1. The Morgan fingerprint density at radius 3 is 2.74 bits per heavy atom. The predicted molar refractivity (Wildman–Crippen MR) is 137 cm³/mol. The van der Waals surface area contributed by atoms with Crippen LogP contribution >= 0.6 is 0 Å². The number of amidine groups is 1. The van der Waals surface area contributed by atoms with Crippen molar-refractivity contribution in [1.82, 2.24) is 25.0 Å². The van der Waals surface area contributed by atoms with Gasteiger partial charge in [-0.3, -0.25) is 5.10 Å². The molecule has 11 heteroatoms. The topological polar surface area (TPSA) is 117 Å². The van der Waals surface area contributed by atoms with Crippen molar-refractivity contribution in [2.24, 2.45) is 9.98 Å². The van der Waals surface area contributed by atoms with E-state index in [1.54, 1.807) is 18.2 Å². The molecular formula is C24H33FN8O2. The molecule has 2 aromatic heterocycles. The van der Waals surface area contributed by atoms with Crippen molar-refractivity contribution in [2.45, 2.75) is 20.5 Å². The smallest absolute Gasteiger partial charge is 0.181 e. The van der Waals surface area contributed by atoms with E-state index in [0.717, 1.165) is 23.1 Å². The molecule has 10 nitrogen and oxygen atoms in total. The van der Waals surface area contributed by atoms with Crippen molar-refractivity contribution in [3.63, 3.8) is 0 Å². The van der Waals surface area contributed by atoms with Gasteiger partial charge in [0.1, 0.15) is 11.7 Å². The number of halogens is 1. The second-order valence-corrected chi connectivity index (χ2v) is 8.24. The van der Waals surface area contributed by atoms with Crippen molar-refractivity contribution in [3.8, 4) is 5.75 Å². The van der Waals surface area contributed by atoms with Crippen LogP contribution in [0.15, 0.2) is 46.1 Å². The molecule has 0 saturated carbocycles. The molecule has 0 saturated heterocycles. The van der Waals surface area contributed by atoms with Crippen LogP contribution in [0.5, 0.6) is 5.75 Å². The molecule has 0 aliphatic rings. The van der Waals surface area contributed by atoms with Gasteiger partial charge >= 0.3 is 0 Å². The molecule has 3 rings (SSSR count). The van der Waals surface area contributed by atoms with Crippen molar-refractivity contribution in [3.05, 3.63) is 53.4 Å². The number of aliphatic imine (C=N–C) groups is 2. The maximum atomic E-state index is 14.5. The molecule has 0 aliphatic heterocycles. The number of ether oxygens (including phenoxy) is 1. The fourth-order valence-corrected chi connectivity index (χ4v) is 3.43. The van der Waals surface area contributed by atoms with Crippen LogP contribution in [0.4, 0.5) is 10.2 Å². The summed E-state index contributed by atoms with van der Waals surface area (Å²) in [6.45, 7) is 9.54. The third-order valence-electron chi connectivity index (χ3n) is 5.27. The zero-order valence-corrected chi connectivity index (χ0v) is 20.6. The molecule has 3 aromatic rings. The summed E-state index contributed by atoms with van der Waals surface area (Å²) in [5.74, 6) is 1.17. The van der Waals surface area contributed by atoms with Gasteiger partial charge in [-0.2, -0.15) is 5.10 Å². The monoisotopic (exact) mass is 484 g/mol. The normalized spacial score (nSPS) is 12.4. The fraction of sp³-hybridized carbons (Fsp3) is 0.375. The van der Waals surface area contributed by atoms with E-state index in [9.17, 15) is 9.50 Å². The Kier molecular flexibility index (Phi) is 8.98. The minimum Gasteiger partial charge on any atom is -0.468 e. The third-order valence-corrected chi connectivity index (χ3v) is 5.27. The Bertz CT molecular complexity index is 1200. The summed E-state index contributed by atoms with van der Waals surface area (Å²) in [6, 6.07) is 6.69. The van der Waals surface area contributed by atoms with Crippen LogP contribution in [0, 0.1) is 12.7 Å². The summed E-state index contributed by atoms with van der Waals surface area (Å²) in [5, 5.41) is 20.0. The standard InChI is InChI=1S/C24H33FN8O2/c1-6-33(8-7-32(4)5)24(13-22(26-3)29-23-11-18(14-34)30-31-23)27-15-35-21-10-17-9-16(2)28-20(17)12-19(21)25/h9-13,28,34H,3,6-8,14-15H2,1-2,4-5H3,(H2,29,30,31)/b22-13+,27-24+. The Labute approximate surface area is 204 Å². The molecule has 188 valence electrons. The number of nitrogens with zero attached hydrogens (tertiary/aromatic N) is 5. The van der Waals surface area contributed by atoms with E-state index in [1.807, 2.05) is 34.0 Å². The van der Waals surface area contributed by atoms with Gasteiger partial charge in [0.05, 0.1) is 12.3 Å². The Morgan fingerprint density at radius 2 is 2.09 bits per heavy atom. The van der Waals surface area contributed by atoms with Crippen molar-refractivity contribution in [1.29, 1.82) is 0 Å². The van der Waals surface area contributed by atoms with Crippen LogP contribution in [0.25, 0.3) is 10.9 Å². The van der Waals surface area contributed by atoms with E-state index in [0.29, 0.717) is 36.3 Å². The highest BCUT2D eigenvalue weighted by molar-refractivity contribution is 5.94. The number of likely N-dealkylation sites (N-methyl/N-ethyl adjacent to an activating group) is 2. The highest BCUT2D eigenvalue weighted by Crippen LogP contribution is 2.25. The third kappa shape index (κ3) is 7.14. The molecule has 0 aliphatic carbocycles. The highest BCUT2D eigenvalue weighted by Gasteiger charge is 2.12. The summed E-state index contributed by atoms with van der Waals surface area (Å²) in [6.07, 6.45) is 1.73. The molecule has 4 N–H and O–H groups in total. The van der Waals surface area contributed by atoms with Crippen LogP contribution in [0.1, 0.15) is 18.3 Å². The largest absolute Gasteiger partial charge is 0.468 e. The zero-order valence-electron chi connectivity index (χ0n) is 20.6. The van der Waals surface area contributed by atoms with Gasteiger partial charge in [-0.25, -0.2) is 14.4 Å². The second-order valence-electron chi connectivity index (χ2n) is 8.24. The number of rotatable bonds is 12. The van der Waals surface area contributed by atoms with Crippen LogP contribution in [0.2, 0.25) is 0 Å². The SMILES string of the molecule is C=N/C(=C\C(=N/COc1cc2cc(C)[nH]c2cc1F)N(CC)CCN(C)C)Nc1cc(CO)[nH]n1. The summed E-state index contributed by atoms with van der Waals surface area (Å²) in [7, 11) is 4.00. The Morgan fingerprint density at radius 1 is 1.29 bits per heavy atom. The molecule has 0 spiro atoms. The lowest BCUT2D eigenvalue weighted by molar-refractivity contribution is 0.276. The lowest BCUT2D eigenvalue weighted by atomic mass is 10.2. The number of aliphatic hydroxyl groups excluding tert-OH is 1. The van der Waals surface area contributed by atoms with Crippen molar-refractivity contribution >= 4 is 29.3 Å². The number of fused-ring (bicyclic) bond motifs is 1. The minimum atomic E-state index is -0.458. The number of anilines is 1. The summed E-state index contributed by atoms with van der Waals surface area (Å²) >= 11 is 0. The first-order valence-electron chi connectivity index (χ1n) is 11.3. The molecule has 1 aromatic carbocycles. The van der Waals surface area contributed by atoms with Gasteiger partial charge in [0.15, 0.2) is 24.1 Å². The summed E-state index contributed by atoms with van der Waals surface area (Å²) < 4.78 is 20.2. The van der Waals surface area contributed by atoms with Gasteiger partial charge < -0.3 is 29.9 Å². The first-order valence-corrected chi connectivity index (χ1v) is 11.3. The first-order chi connectivity index (χ1) is 16.8. The molecule has 35 heavy (non-hydrogen) atoms.